The Morgan fingerprint density at radius 2 is 1.90 bits per heavy atom. The predicted octanol–water partition coefficient (Wildman–Crippen LogP) is 3.81. The highest BCUT2D eigenvalue weighted by molar-refractivity contribution is 8.07. The normalized spacial score (nSPS) is 24.4. The molecule has 1 N–H and O–H groups in total. The van der Waals surface area contributed by atoms with Crippen LogP contribution in [-0.2, 0) is 0 Å². The summed E-state index contributed by atoms with van der Waals surface area (Å²) in [4.78, 5) is 0. The van der Waals surface area contributed by atoms with Gasteiger partial charge in [-0.25, -0.2) is 0 Å². The summed E-state index contributed by atoms with van der Waals surface area (Å²) < 4.78 is 5.43. The SMILES string of the molecule is CNC(c1cc(C)c(OC)cc1C)C1SCCSC1C. The minimum atomic E-state index is 0.410. The average Bonchev–Trinajstić information content (AvgIpc) is 2.45. The molecule has 1 heterocycles. The van der Waals surface area contributed by atoms with Crippen LogP contribution < -0.4 is 10.1 Å². The molecule has 3 unspecified atom stereocenters. The van der Waals surface area contributed by atoms with Gasteiger partial charge in [0, 0.05) is 28.0 Å². The molecular formula is C16H25NOS2. The van der Waals surface area contributed by atoms with Gasteiger partial charge in [-0.05, 0) is 43.7 Å². The van der Waals surface area contributed by atoms with Gasteiger partial charge in [0.15, 0.2) is 0 Å². The van der Waals surface area contributed by atoms with Crippen molar-refractivity contribution in [2.45, 2.75) is 37.3 Å². The van der Waals surface area contributed by atoms with E-state index in [0.717, 1.165) is 5.75 Å². The Labute approximate surface area is 131 Å². The molecule has 2 nitrogen and oxygen atoms in total. The van der Waals surface area contributed by atoms with Crippen molar-refractivity contribution in [2.75, 3.05) is 25.7 Å². The first-order chi connectivity index (χ1) is 9.58. The Kier molecular flexibility index (Phi) is 5.70. The molecule has 1 saturated heterocycles. The minimum absolute atomic E-state index is 0.410. The van der Waals surface area contributed by atoms with Gasteiger partial charge in [0.1, 0.15) is 5.75 Å². The quantitative estimate of drug-likeness (QED) is 0.912. The molecule has 4 heteroatoms. The number of thioether (sulfide) groups is 2. The van der Waals surface area contributed by atoms with Gasteiger partial charge in [-0.2, -0.15) is 23.5 Å². The van der Waals surface area contributed by atoms with E-state index in [1.54, 1.807) is 7.11 Å². The molecule has 1 aliphatic heterocycles. The number of methoxy groups -OCH3 is 1. The third kappa shape index (κ3) is 3.29. The lowest BCUT2D eigenvalue weighted by atomic mass is 9.95. The molecule has 0 aliphatic carbocycles. The lowest BCUT2D eigenvalue weighted by Crippen LogP contribution is -2.36. The number of nitrogens with one attached hydrogen (secondary N) is 1. The van der Waals surface area contributed by atoms with E-state index in [0.29, 0.717) is 16.5 Å². The van der Waals surface area contributed by atoms with Crippen molar-refractivity contribution in [1.29, 1.82) is 0 Å². The van der Waals surface area contributed by atoms with Gasteiger partial charge in [-0.3, -0.25) is 0 Å². The molecule has 20 heavy (non-hydrogen) atoms. The maximum Gasteiger partial charge on any atom is 0.122 e. The van der Waals surface area contributed by atoms with E-state index in [9.17, 15) is 0 Å². The maximum atomic E-state index is 5.43. The van der Waals surface area contributed by atoms with E-state index in [1.165, 1.54) is 28.2 Å². The molecule has 1 aliphatic rings. The van der Waals surface area contributed by atoms with Gasteiger partial charge in [0.2, 0.25) is 0 Å². The molecule has 0 amide bonds. The fourth-order valence-corrected chi connectivity index (χ4v) is 5.86. The molecule has 1 fully saturated rings. The summed E-state index contributed by atoms with van der Waals surface area (Å²) in [5, 5.41) is 4.87. The number of ether oxygens (including phenoxy) is 1. The van der Waals surface area contributed by atoms with Crippen LogP contribution in [-0.4, -0.2) is 36.2 Å². The van der Waals surface area contributed by atoms with Crippen molar-refractivity contribution in [3.8, 4) is 5.75 Å². The molecule has 2 rings (SSSR count). The summed E-state index contributed by atoms with van der Waals surface area (Å²) in [6, 6.07) is 4.87. The van der Waals surface area contributed by atoms with Crippen LogP contribution in [0.15, 0.2) is 12.1 Å². The zero-order valence-electron chi connectivity index (χ0n) is 13.0. The van der Waals surface area contributed by atoms with Crippen molar-refractivity contribution in [3.63, 3.8) is 0 Å². The molecule has 1 aromatic carbocycles. The van der Waals surface area contributed by atoms with Crippen LogP contribution in [0.1, 0.15) is 29.7 Å². The van der Waals surface area contributed by atoms with E-state index in [4.69, 9.17) is 4.74 Å². The summed E-state index contributed by atoms with van der Waals surface area (Å²) in [7, 11) is 3.82. The van der Waals surface area contributed by atoms with Crippen LogP contribution in [0.2, 0.25) is 0 Å². The van der Waals surface area contributed by atoms with E-state index in [2.05, 4.69) is 68.8 Å². The summed E-state index contributed by atoms with van der Waals surface area (Å²) in [5.41, 5.74) is 3.95. The number of hydrogen-bond donors (Lipinski definition) is 1. The molecule has 0 radical (unpaired) electrons. The topological polar surface area (TPSA) is 21.3 Å². The van der Waals surface area contributed by atoms with Crippen LogP contribution in [0.3, 0.4) is 0 Å². The molecule has 112 valence electrons. The van der Waals surface area contributed by atoms with Crippen LogP contribution >= 0.6 is 23.5 Å². The van der Waals surface area contributed by atoms with Crippen molar-refractivity contribution >= 4 is 23.5 Å². The van der Waals surface area contributed by atoms with E-state index in [-0.39, 0.29) is 0 Å². The van der Waals surface area contributed by atoms with E-state index >= 15 is 0 Å². The predicted molar refractivity (Wildman–Crippen MR) is 92.4 cm³/mol. The van der Waals surface area contributed by atoms with Crippen LogP contribution in [0, 0.1) is 13.8 Å². The van der Waals surface area contributed by atoms with Gasteiger partial charge in [-0.1, -0.05) is 13.0 Å². The Bertz CT molecular complexity index is 464. The van der Waals surface area contributed by atoms with E-state index < -0.39 is 0 Å². The highest BCUT2D eigenvalue weighted by Crippen LogP contribution is 2.40. The van der Waals surface area contributed by atoms with Crippen molar-refractivity contribution < 1.29 is 4.74 Å². The Hall–Kier alpha value is -0.320. The third-order valence-corrected chi connectivity index (χ3v) is 7.19. The summed E-state index contributed by atoms with van der Waals surface area (Å²) in [5.74, 6) is 3.52. The van der Waals surface area contributed by atoms with Gasteiger partial charge in [0.05, 0.1) is 7.11 Å². The number of rotatable bonds is 4. The highest BCUT2D eigenvalue weighted by atomic mass is 32.2. The summed E-state index contributed by atoms with van der Waals surface area (Å²) in [6.45, 7) is 6.67. The number of benzene rings is 1. The number of aryl methyl sites for hydroxylation is 2. The first kappa shape index (κ1) is 16.1. The largest absolute Gasteiger partial charge is 0.496 e. The zero-order valence-corrected chi connectivity index (χ0v) is 14.7. The van der Waals surface area contributed by atoms with Gasteiger partial charge in [-0.15, -0.1) is 0 Å². The fourth-order valence-electron chi connectivity index (χ4n) is 2.88. The van der Waals surface area contributed by atoms with E-state index in [1.807, 2.05) is 0 Å². The average molecular weight is 312 g/mol. The fraction of sp³-hybridized carbons (Fsp3) is 0.625. The standard InChI is InChI=1S/C16H25NOS2/c1-10-9-14(18-5)11(2)8-13(10)15(17-4)16-12(3)19-6-7-20-16/h8-9,12,15-17H,6-7H2,1-5H3. The molecule has 0 spiro atoms. The van der Waals surface area contributed by atoms with Crippen LogP contribution in [0.25, 0.3) is 0 Å². The summed E-state index contributed by atoms with van der Waals surface area (Å²) in [6.07, 6.45) is 0. The molecule has 0 saturated carbocycles. The van der Waals surface area contributed by atoms with Gasteiger partial charge in [0.25, 0.3) is 0 Å². The second-order valence-corrected chi connectivity index (χ2v) is 8.13. The molecular weight excluding hydrogens is 286 g/mol. The monoisotopic (exact) mass is 311 g/mol. The maximum absolute atomic E-state index is 5.43. The van der Waals surface area contributed by atoms with Crippen molar-refractivity contribution in [3.05, 3.63) is 28.8 Å². The second-order valence-electron chi connectivity index (χ2n) is 5.36. The zero-order chi connectivity index (χ0) is 14.7. The molecule has 1 aromatic rings. The molecule has 0 bridgehead atoms. The van der Waals surface area contributed by atoms with Crippen molar-refractivity contribution in [1.82, 2.24) is 5.32 Å². The number of hydrogen-bond acceptors (Lipinski definition) is 4. The Morgan fingerprint density at radius 3 is 2.50 bits per heavy atom. The third-order valence-electron chi connectivity index (χ3n) is 4.00. The van der Waals surface area contributed by atoms with Crippen LogP contribution in [0.4, 0.5) is 0 Å². The van der Waals surface area contributed by atoms with Crippen molar-refractivity contribution in [2.24, 2.45) is 0 Å². The van der Waals surface area contributed by atoms with Gasteiger partial charge >= 0.3 is 0 Å². The Morgan fingerprint density at radius 1 is 1.20 bits per heavy atom. The summed E-state index contributed by atoms with van der Waals surface area (Å²) >= 11 is 4.21. The molecule has 3 atom stereocenters. The molecule has 0 aromatic heterocycles. The lowest BCUT2D eigenvalue weighted by molar-refractivity contribution is 0.410. The van der Waals surface area contributed by atoms with Gasteiger partial charge < -0.3 is 10.1 Å². The Balaban J connectivity index is 2.33. The first-order valence-electron chi connectivity index (χ1n) is 7.14. The second kappa shape index (κ2) is 7.10. The van der Waals surface area contributed by atoms with Crippen LogP contribution in [0.5, 0.6) is 5.75 Å². The lowest BCUT2D eigenvalue weighted by Gasteiger charge is -2.35. The smallest absolute Gasteiger partial charge is 0.122 e. The highest BCUT2D eigenvalue weighted by Gasteiger charge is 2.31. The minimum Gasteiger partial charge on any atom is -0.496 e. The first-order valence-corrected chi connectivity index (χ1v) is 9.23.